The summed E-state index contributed by atoms with van der Waals surface area (Å²) in [5.74, 6) is 0.920. The molecule has 0 saturated carbocycles. The van der Waals surface area contributed by atoms with E-state index in [1.807, 2.05) is 50.1 Å². The van der Waals surface area contributed by atoms with Crippen LogP contribution in [0.4, 0.5) is 16.2 Å². The zero-order valence-electron chi connectivity index (χ0n) is 11.9. The van der Waals surface area contributed by atoms with Crippen LogP contribution in [-0.2, 0) is 4.74 Å². The molecular formula is C14H21N3O2. The Morgan fingerprint density at radius 2 is 2.00 bits per heavy atom. The van der Waals surface area contributed by atoms with E-state index < -0.39 is 6.09 Å². The zero-order valence-corrected chi connectivity index (χ0v) is 11.9. The number of rotatable bonds is 4. The summed E-state index contributed by atoms with van der Waals surface area (Å²) < 4.78 is 4.95. The highest BCUT2D eigenvalue weighted by Gasteiger charge is 2.05. The first-order chi connectivity index (χ1) is 9.08. The summed E-state index contributed by atoms with van der Waals surface area (Å²) in [6.07, 6.45) is 0.390. The molecule has 0 saturated heterocycles. The first kappa shape index (κ1) is 15.0. The summed E-state index contributed by atoms with van der Waals surface area (Å²) in [5.41, 5.74) is 1.72. The van der Waals surface area contributed by atoms with Crippen LogP contribution in [-0.4, -0.2) is 32.6 Å². The van der Waals surface area contributed by atoms with Gasteiger partial charge in [0.2, 0.25) is 0 Å². The fourth-order valence-electron chi connectivity index (χ4n) is 1.45. The fourth-order valence-corrected chi connectivity index (χ4v) is 1.45. The number of hydrogen-bond acceptors (Lipinski definition) is 3. The summed E-state index contributed by atoms with van der Waals surface area (Å²) >= 11 is 0. The first-order valence-electron chi connectivity index (χ1n) is 6.29. The van der Waals surface area contributed by atoms with Crippen molar-refractivity contribution in [3.63, 3.8) is 0 Å². The van der Waals surface area contributed by atoms with Gasteiger partial charge in [-0.15, -0.1) is 0 Å². The molecule has 0 radical (unpaired) electrons. The Labute approximate surface area is 114 Å². The van der Waals surface area contributed by atoms with Gasteiger partial charge in [-0.25, -0.2) is 4.79 Å². The smallest absolute Gasteiger partial charge is 0.411 e. The largest absolute Gasteiger partial charge is 0.449 e. The molecule has 0 fully saturated rings. The van der Waals surface area contributed by atoms with E-state index in [0.717, 1.165) is 17.9 Å². The van der Waals surface area contributed by atoms with Crippen LogP contribution in [0.2, 0.25) is 0 Å². The van der Waals surface area contributed by atoms with Gasteiger partial charge < -0.3 is 9.64 Å². The van der Waals surface area contributed by atoms with E-state index in [1.165, 1.54) is 0 Å². The minimum Gasteiger partial charge on any atom is -0.449 e. The lowest BCUT2D eigenvalue weighted by Crippen LogP contribution is -2.23. The summed E-state index contributed by atoms with van der Waals surface area (Å²) in [6.45, 7) is 4.32. The number of amidine groups is 1. The highest BCUT2D eigenvalue weighted by molar-refractivity contribution is 5.95. The second-order valence-electron chi connectivity index (χ2n) is 4.14. The van der Waals surface area contributed by atoms with Crippen molar-refractivity contribution in [1.29, 1.82) is 0 Å². The van der Waals surface area contributed by atoms with E-state index in [0.29, 0.717) is 12.3 Å². The van der Waals surface area contributed by atoms with Crippen molar-refractivity contribution in [2.75, 3.05) is 30.9 Å². The quantitative estimate of drug-likeness (QED) is 0.670. The van der Waals surface area contributed by atoms with Gasteiger partial charge in [-0.1, -0.05) is 6.92 Å². The second-order valence-corrected chi connectivity index (χ2v) is 4.14. The van der Waals surface area contributed by atoms with Gasteiger partial charge in [-0.2, -0.15) is 0 Å². The molecule has 5 nitrogen and oxygen atoms in total. The monoisotopic (exact) mass is 263 g/mol. The lowest BCUT2D eigenvalue weighted by molar-refractivity contribution is 0.161. The molecule has 0 spiro atoms. The number of anilines is 2. The van der Waals surface area contributed by atoms with Crippen molar-refractivity contribution < 1.29 is 9.53 Å². The fraction of sp³-hybridized carbons (Fsp3) is 0.429. The molecule has 0 aliphatic heterocycles. The molecule has 0 unspecified atom stereocenters. The molecule has 104 valence electrons. The van der Waals surface area contributed by atoms with Gasteiger partial charge in [0.05, 0.1) is 12.4 Å². The molecule has 1 rings (SSSR count). The molecule has 0 heterocycles. The summed E-state index contributed by atoms with van der Waals surface area (Å²) in [4.78, 5) is 17.5. The van der Waals surface area contributed by atoms with Crippen molar-refractivity contribution in [2.24, 2.45) is 4.99 Å². The van der Waals surface area contributed by atoms with Gasteiger partial charge in [-0.3, -0.25) is 10.3 Å². The van der Waals surface area contributed by atoms with Gasteiger partial charge in [0.1, 0.15) is 0 Å². The molecule has 1 N–H and O–H groups in total. The number of aliphatic imine (C=N–C) groups is 1. The predicted molar refractivity (Wildman–Crippen MR) is 79.1 cm³/mol. The maximum Gasteiger partial charge on any atom is 0.411 e. The standard InChI is InChI=1S/C14H21N3O2/c1-5-10-19-14(18)16-12-6-8-13(9-7-12)17(4)11(2)15-3/h6-9H,5,10H2,1-4H3,(H,16,18). The Balaban J connectivity index is 2.64. The minimum atomic E-state index is -0.422. The Morgan fingerprint density at radius 3 is 2.53 bits per heavy atom. The number of ether oxygens (including phenoxy) is 1. The zero-order chi connectivity index (χ0) is 14.3. The van der Waals surface area contributed by atoms with Crippen LogP contribution in [0.15, 0.2) is 29.3 Å². The molecule has 0 aromatic heterocycles. The molecule has 0 atom stereocenters. The van der Waals surface area contributed by atoms with Crippen molar-refractivity contribution in [2.45, 2.75) is 20.3 Å². The highest BCUT2D eigenvalue weighted by atomic mass is 16.5. The molecule has 1 amide bonds. The van der Waals surface area contributed by atoms with E-state index in [2.05, 4.69) is 10.3 Å². The molecule has 19 heavy (non-hydrogen) atoms. The molecule has 1 aromatic carbocycles. The summed E-state index contributed by atoms with van der Waals surface area (Å²) in [7, 11) is 3.70. The van der Waals surface area contributed by atoms with E-state index in [4.69, 9.17) is 4.74 Å². The second kappa shape index (κ2) is 7.41. The molecule has 0 bridgehead atoms. The Hall–Kier alpha value is -2.04. The van der Waals surface area contributed by atoms with Crippen LogP contribution in [0.3, 0.4) is 0 Å². The predicted octanol–water partition coefficient (Wildman–Crippen LogP) is 3.13. The average Bonchev–Trinajstić information content (AvgIpc) is 2.44. The van der Waals surface area contributed by atoms with Crippen LogP contribution >= 0.6 is 0 Å². The summed E-state index contributed by atoms with van der Waals surface area (Å²) in [6, 6.07) is 7.51. The lowest BCUT2D eigenvalue weighted by Gasteiger charge is -2.18. The topological polar surface area (TPSA) is 53.9 Å². The number of carbonyl (C=O) groups excluding carboxylic acids is 1. The number of benzene rings is 1. The van der Waals surface area contributed by atoms with Crippen LogP contribution < -0.4 is 10.2 Å². The van der Waals surface area contributed by atoms with Crippen LogP contribution in [0.5, 0.6) is 0 Å². The molecular weight excluding hydrogens is 242 g/mol. The van der Waals surface area contributed by atoms with E-state index in [1.54, 1.807) is 7.05 Å². The van der Waals surface area contributed by atoms with Gasteiger partial charge in [0, 0.05) is 25.5 Å². The van der Waals surface area contributed by atoms with Crippen molar-refractivity contribution in [1.82, 2.24) is 0 Å². The van der Waals surface area contributed by atoms with Gasteiger partial charge >= 0.3 is 6.09 Å². The van der Waals surface area contributed by atoms with Crippen LogP contribution in [0.1, 0.15) is 20.3 Å². The Bertz CT molecular complexity index is 441. The number of carbonyl (C=O) groups is 1. The van der Waals surface area contributed by atoms with E-state index in [-0.39, 0.29) is 0 Å². The number of amides is 1. The maximum atomic E-state index is 11.4. The highest BCUT2D eigenvalue weighted by Crippen LogP contribution is 2.17. The van der Waals surface area contributed by atoms with E-state index in [9.17, 15) is 4.79 Å². The van der Waals surface area contributed by atoms with Gasteiger partial charge in [0.25, 0.3) is 0 Å². The van der Waals surface area contributed by atoms with Crippen molar-refractivity contribution in [3.8, 4) is 0 Å². The molecule has 0 aliphatic rings. The number of nitrogens with zero attached hydrogens (tertiary/aromatic N) is 2. The normalized spacial score (nSPS) is 11.1. The van der Waals surface area contributed by atoms with Crippen LogP contribution in [0.25, 0.3) is 0 Å². The third-order valence-corrected chi connectivity index (χ3v) is 2.75. The number of hydrogen-bond donors (Lipinski definition) is 1. The van der Waals surface area contributed by atoms with E-state index >= 15 is 0 Å². The Kier molecular flexibility index (Phi) is 5.85. The third kappa shape index (κ3) is 4.62. The first-order valence-corrected chi connectivity index (χ1v) is 6.29. The van der Waals surface area contributed by atoms with Crippen molar-refractivity contribution in [3.05, 3.63) is 24.3 Å². The minimum absolute atomic E-state index is 0.422. The average molecular weight is 263 g/mol. The number of nitrogens with one attached hydrogen (secondary N) is 1. The van der Waals surface area contributed by atoms with Gasteiger partial charge in [0.15, 0.2) is 0 Å². The Morgan fingerprint density at radius 1 is 1.37 bits per heavy atom. The SMILES string of the molecule is CCCOC(=O)Nc1ccc(N(C)C(C)=NC)cc1. The molecule has 0 aliphatic carbocycles. The third-order valence-electron chi connectivity index (χ3n) is 2.75. The lowest BCUT2D eigenvalue weighted by atomic mass is 10.2. The van der Waals surface area contributed by atoms with Gasteiger partial charge in [-0.05, 0) is 37.6 Å². The molecule has 5 heteroatoms. The maximum absolute atomic E-state index is 11.4. The molecule has 1 aromatic rings. The van der Waals surface area contributed by atoms with Crippen LogP contribution in [0, 0.1) is 0 Å². The van der Waals surface area contributed by atoms with Crippen molar-refractivity contribution >= 4 is 23.3 Å². The summed E-state index contributed by atoms with van der Waals surface area (Å²) in [5, 5.41) is 2.68.